The molecule has 0 bridgehead atoms. The minimum atomic E-state index is -1.06. The quantitative estimate of drug-likeness (QED) is 0.499. The van der Waals surface area contributed by atoms with Crippen molar-refractivity contribution in [1.29, 1.82) is 0 Å². The molecule has 2 saturated heterocycles. The molecule has 0 saturated carbocycles. The Hall–Kier alpha value is -3.14. The van der Waals surface area contributed by atoms with Crippen molar-refractivity contribution < 1.29 is 29.0 Å². The molecule has 41 heavy (non-hydrogen) atoms. The molecule has 1 aliphatic carbocycles. The molecule has 10 heteroatoms. The lowest BCUT2D eigenvalue weighted by molar-refractivity contribution is -0.147. The zero-order valence-electron chi connectivity index (χ0n) is 25.2. The molecule has 1 aromatic carbocycles. The molecule has 2 heterocycles. The van der Waals surface area contributed by atoms with Crippen molar-refractivity contribution in [3.63, 3.8) is 0 Å². The van der Waals surface area contributed by atoms with Gasteiger partial charge in [0.05, 0.1) is 11.6 Å². The Morgan fingerprint density at radius 3 is 2.51 bits per heavy atom. The molecule has 4 amide bonds. The van der Waals surface area contributed by atoms with Gasteiger partial charge in [-0.15, -0.1) is 0 Å². The Labute approximate surface area is 243 Å². The van der Waals surface area contributed by atoms with Crippen LogP contribution in [-0.4, -0.2) is 81.1 Å². The lowest BCUT2D eigenvalue weighted by Crippen LogP contribution is -2.60. The van der Waals surface area contributed by atoms with Crippen LogP contribution in [0.5, 0.6) is 0 Å². The maximum Gasteiger partial charge on any atom is 0.410 e. The van der Waals surface area contributed by atoms with Crippen LogP contribution in [0.3, 0.4) is 0 Å². The summed E-state index contributed by atoms with van der Waals surface area (Å²) in [4.78, 5) is 56.2. The third-order valence-electron chi connectivity index (χ3n) is 8.65. The number of carbonyl (C=O) groups excluding carboxylic acids is 4. The monoisotopic (exact) mass is 570 g/mol. The van der Waals surface area contributed by atoms with Crippen molar-refractivity contribution >= 4 is 23.8 Å². The topological polar surface area (TPSA) is 128 Å². The van der Waals surface area contributed by atoms with E-state index >= 15 is 0 Å². The van der Waals surface area contributed by atoms with E-state index in [1.165, 1.54) is 17.5 Å². The van der Waals surface area contributed by atoms with E-state index < -0.39 is 41.3 Å². The fourth-order valence-corrected chi connectivity index (χ4v) is 6.31. The number of likely N-dealkylation sites (N-methyl/N-ethyl adjacent to an activating group) is 1. The average Bonchev–Trinajstić information content (AvgIpc) is 3.30. The number of hydrogen-bond donors (Lipinski definition) is 3. The molecule has 3 N–H and O–H groups in total. The van der Waals surface area contributed by atoms with E-state index in [4.69, 9.17) is 4.74 Å². The molecule has 1 aromatic rings. The highest BCUT2D eigenvalue weighted by molar-refractivity contribution is 5.94. The summed E-state index contributed by atoms with van der Waals surface area (Å²) in [6.07, 6.45) is 4.14. The second-order valence-electron chi connectivity index (χ2n) is 13.2. The van der Waals surface area contributed by atoms with E-state index in [1.54, 1.807) is 39.5 Å². The molecular weight excluding hydrogens is 524 g/mol. The van der Waals surface area contributed by atoms with Gasteiger partial charge in [0.1, 0.15) is 23.7 Å². The van der Waals surface area contributed by atoms with Crippen LogP contribution in [0, 0.1) is 0 Å². The van der Waals surface area contributed by atoms with E-state index in [-0.39, 0.29) is 30.3 Å². The summed E-state index contributed by atoms with van der Waals surface area (Å²) in [6.45, 7) is 8.54. The van der Waals surface area contributed by atoms with Gasteiger partial charge < -0.3 is 25.4 Å². The zero-order valence-corrected chi connectivity index (χ0v) is 25.2. The van der Waals surface area contributed by atoms with Crippen molar-refractivity contribution in [3.8, 4) is 0 Å². The van der Waals surface area contributed by atoms with Gasteiger partial charge in [-0.1, -0.05) is 24.3 Å². The summed E-state index contributed by atoms with van der Waals surface area (Å²) in [7, 11) is 1.48. The summed E-state index contributed by atoms with van der Waals surface area (Å²) < 4.78 is 5.38. The highest BCUT2D eigenvalue weighted by atomic mass is 16.6. The smallest absolute Gasteiger partial charge is 0.410 e. The van der Waals surface area contributed by atoms with Crippen molar-refractivity contribution in [2.45, 2.75) is 127 Å². The number of aliphatic hydroxyl groups is 1. The first-order valence-corrected chi connectivity index (χ1v) is 14.9. The normalized spacial score (nSPS) is 28.9. The number of carbonyl (C=O) groups is 4. The molecule has 6 atom stereocenters. The standard InChI is InChI=1S/C31H46N4O6/c1-19(34(6)29(39)41-30(2,3)4)26(36)33-24-16-17-31(5,40)18-21-14-15-25(35(21)28(24)38)27(37)32-23-13-9-11-20-10-7-8-12-22(20)23/h7-8,10,12,19,21,23-25,40H,9,11,13-18H2,1-6H3,(H,32,37)(H,33,36)/t19-,21+,23+,24-,25-,31?/m0/s1. The molecule has 2 aliphatic heterocycles. The van der Waals surface area contributed by atoms with Crippen LogP contribution in [0.4, 0.5) is 4.79 Å². The number of nitrogens with zero attached hydrogens (tertiary/aromatic N) is 2. The van der Waals surface area contributed by atoms with Gasteiger partial charge in [-0.2, -0.15) is 0 Å². The molecular formula is C31H46N4O6. The number of nitrogens with one attached hydrogen (secondary N) is 2. The lowest BCUT2D eigenvalue weighted by Gasteiger charge is -2.40. The molecule has 0 radical (unpaired) electrons. The molecule has 10 nitrogen and oxygen atoms in total. The van der Waals surface area contributed by atoms with Crippen molar-refractivity contribution in [2.75, 3.05) is 7.05 Å². The average molecular weight is 571 g/mol. The number of fused-ring (bicyclic) bond motifs is 2. The van der Waals surface area contributed by atoms with Gasteiger partial charge in [-0.05, 0) is 97.1 Å². The SMILES string of the molecule is C[C@@H](C(=O)N[C@H]1CCC(C)(O)C[C@H]2CC[C@@H](C(=O)N[C@@H]3CCCc4ccccc43)N2C1=O)N(C)C(=O)OC(C)(C)C. The van der Waals surface area contributed by atoms with Gasteiger partial charge in [0.15, 0.2) is 0 Å². The Balaban J connectivity index is 1.50. The van der Waals surface area contributed by atoms with Crippen molar-refractivity contribution in [1.82, 2.24) is 20.4 Å². The first kappa shape index (κ1) is 30.8. The maximum atomic E-state index is 14.0. The summed E-state index contributed by atoms with van der Waals surface area (Å²) in [5.74, 6) is -1.04. The zero-order chi connectivity index (χ0) is 30.1. The molecule has 4 rings (SSSR count). The molecule has 226 valence electrons. The number of hydrogen-bond acceptors (Lipinski definition) is 6. The number of aryl methyl sites for hydroxylation is 1. The Kier molecular flexibility index (Phi) is 9.01. The van der Waals surface area contributed by atoms with E-state index in [2.05, 4.69) is 22.8 Å². The van der Waals surface area contributed by atoms with Gasteiger partial charge in [-0.3, -0.25) is 19.3 Å². The number of ether oxygens (including phenoxy) is 1. The molecule has 0 aromatic heterocycles. The predicted octanol–water partition coefficient (Wildman–Crippen LogP) is 3.21. The highest BCUT2D eigenvalue weighted by Gasteiger charge is 2.48. The van der Waals surface area contributed by atoms with Gasteiger partial charge in [0, 0.05) is 13.1 Å². The first-order chi connectivity index (χ1) is 19.2. The van der Waals surface area contributed by atoms with Gasteiger partial charge in [0.25, 0.3) is 0 Å². The second kappa shape index (κ2) is 12.0. The molecule has 2 fully saturated rings. The third-order valence-corrected chi connectivity index (χ3v) is 8.65. The van der Waals surface area contributed by atoms with Gasteiger partial charge >= 0.3 is 6.09 Å². The Morgan fingerprint density at radius 2 is 1.80 bits per heavy atom. The van der Waals surface area contributed by atoms with Crippen molar-refractivity contribution in [2.24, 2.45) is 0 Å². The van der Waals surface area contributed by atoms with E-state index in [0.717, 1.165) is 24.8 Å². The number of benzene rings is 1. The van der Waals surface area contributed by atoms with Crippen LogP contribution in [0.1, 0.15) is 96.7 Å². The van der Waals surface area contributed by atoms with Crippen LogP contribution in [0.25, 0.3) is 0 Å². The summed E-state index contributed by atoms with van der Waals surface area (Å²) in [5.41, 5.74) is 0.582. The largest absolute Gasteiger partial charge is 0.444 e. The minimum absolute atomic E-state index is 0.112. The highest BCUT2D eigenvalue weighted by Crippen LogP contribution is 2.36. The number of rotatable bonds is 5. The summed E-state index contributed by atoms with van der Waals surface area (Å²) >= 11 is 0. The fraction of sp³-hybridized carbons (Fsp3) is 0.677. The predicted molar refractivity (Wildman–Crippen MR) is 154 cm³/mol. The van der Waals surface area contributed by atoms with Crippen LogP contribution < -0.4 is 10.6 Å². The Bertz CT molecular complexity index is 1160. The molecule has 0 spiro atoms. The van der Waals surface area contributed by atoms with E-state index in [0.29, 0.717) is 25.7 Å². The van der Waals surface area contributed by atoms with Gasteiger partial charge in [0.2, 0.25) is 17.7 Å². The fourth-order valence-electron chi connectivity index (χ4n) is 6.31. The van der Waals surface area contributed by atoms with Crippen molar-refractivity contribution in [3.05, 3.63) is 35.4 Å². The van der Waals surface area contributed by atoms with Gasteiger partial charge in [-0.25, -0.2) is 4.79 Å². The number of amides is 4. The van der Waals surface area contributed by atoms with Crippen LogP contribution in [0.15, 0.2) is 24.3 Å². The lowest BCUT2D eigenvalue weighted by atomic mass is 9.87. The Morgan fingerprint density at radius 1 is 1.10 bits per heavy atom. The molecule has 3 aliphatic rings. The van der Waals surface area contributed by atoms with Crippen LogP contribution in [0.2, 0.25) is 0 Å². The maximum absolute atomic E-state index is 14.0. The second-order valence-corrected chi connectivity index (χ2v) is 13.2. The molecule has 1 unspecified atom stereocenters. The van der Waals surface area contributed by atoms with E-state index in [1.807, 2.05) is 12.1 Å². The van der Waals surface area contributed by atoms with E-state index in [9.17, 15) is 24.3 Å². The van der Waals surface area contributed by atoms with Crippen LogP contribution >= 0.6 is 0 Å². The summed E-state index contributed by atoms with van der Waals surface area (Å²) in [5, 5.41) is 17.1. The first-order valence-electron chi connectivity index (χ1n) is 14.9. The minimum Gasteiger partial charge on any atom is -0.444 e. The summed E-state index contributed by atoms with van der Waals surface area (Å²) in [6, 6.07) is 5.19. The van der Waals surface area contributed by atoms with Crippen LogP contribution in [-0.2, 0) is 25.5 Å². The third kappa shape index (κ3) is 7.20.